The van der Waals surface area contributed by atoms with Crippen molar-refractivity contribution in [3.8, 4) is 5.75 Å². The van der Waals surface area contributed by atoms with Crippen LogP contribution in [0, 0.1) is 5.92 Å². The standard InChI is InChI=1S/C24H26BrN3O5S/c1-4-10-33-18-9-7-16(25)12-15(18)13-26-28-22(30)21(29)27-23-20(24(31)32-5-2)17-8-6-14(3)11-19(17)34-23/h4,7,9,12-14H,1,5-6,8,10-11H2,2-3H3,(H,27,29)(H,28,30)/b26-13-/t14-/m1/s1. The molecule has 180 valence electrons. The van der Waals surface area contributed by atoms with Gasteiger partial charge in [0.1, 0.15) is 17.4 Å². The van der Waals surface area contributed by atoms with E-state index in [0.717, 1.165) is 34.2 Å². The van der Waals surface area contributed by atoms with Crippen LogP contribution in [-0.2, 0) is 27.2 Å². The summed E-state index contributed by atoms with van der Waals surface area (Å²) in [6.07, 6.45) is 5.50. The summed E-state index contributed by atoms with van der Waals surface area (Å²) in [5, 5.41) is 6.77. The normalized spacial score (nSPS) is 14.9. The Kier molecular flexibility index (Phi) is 9.00. The summed E-state index contributed by atoms with van der Waals surface area (Å²) in [4.78, 5) is 38.5. The van der Waals surface area contributed by atoms with Gasteiger partial charge < -0.3 is 14.8 Å². The number of halogens is 1. The lowest BCUT2D eigenvalue weighted by molar-refractivity contribution is -0.136. The van der Waals surface area contributed by atoms with Crippen LogP contribution in [0.2, 0.25) is 0 Å². The van der Waals surface area contributed by atoms with Crippen molar-refractivity contribution in [3.63, 3.8) is 0 Å². The molecule has 1 atom stereocenters. The second-order valence-electron chi connectivity index (χ2n) is 7.71. The first kappa shape index (κ1) is 25.6. The summed E-state index contributed by atoms with van der Waals surface area (Å²) in [5.74, 6) is -1.35. The Balaban J connectivity index is 1.72. The van der Waals surface area contributed by atoms with Gasteiger partial charge in [0, 0.05) is 14.9 Å². The van der Waals surface area contributed by atoms with Gasteiger partial charge in [0.2, 0.25) is 0 Å². The first-order chi connectivity index (χ1) is 16.3. The van der Waals surface area contributed by atoms with Gasteiger partial charge in [-0.3, -0.25) is 9.59 Å². The van der Waals surface area contributed by atoms with Gasteiger partial charge in [-0.15, -0.1) is 11.3 Å². The molecule has 0 spiro atoms. The van der Waals surface area contributed by atoms with Gasteiger partial charge in [0.15, 0.2) is 0 Å². The van der Waals surface area contributed by atoms with Crippen molar-refractivity contribution < 1.29 is 23.9 Å². The predicted octanol–water partition coefficient (Wildman–Crippen LogP) is 4.47. The number of hydrogen-bond acceptors (Lipinski definition) is 7. The lowest BCUT2D eigenvalue weighted by Crippen LogP contribution is -2.32. The number of hydrazone groups is 1. The third-order valence-corrected chi connectivity index (χ3v) is 6.79. The molecule has 0 saturated carbocycles. The summed E-state index contributed by atoms with van der Waals surface area (Å²) in [7, 11) is 0. The minimum absolute atomic E-state index is 0.219. The van der Waals surface area contributed by atoms with Crippen LogP contribution in [0.5, 0.6) is 5.75 Å². The zero-order valence-corrected chi connectivity index (χ0v) is 21.4. The van der Waals surface area contributed by atoms with E-state index in [0.29, 0.717) is 34.4 Å². The molecule has 2 amide bonds. The van der Waals surface area contributed by atoms with Gasteiger partial charge in [0.25, 0.3) is 0 Å². The van der Waals surface area contributed by atoms with E-state index in [9.17, 15) is 14.4 Å². The van der Waals surface area contributed by atoms with E-state index in [1.807, 2.05) is 6.07 Å². The summed E-state index contributed by atoms with van der Waals surface area (Å²) < 4.78 is 11.6. The average molecular weight is 548 g/mol. The van der Waals surface area contributed by atoms with Gasteiger partial charge in [-0.2, -0.15) is 5.10 Å². The average Bonchev–Trinajstić information content (AvgIpc) is 3.15. The van der Waals surface area contributed by atoms with E-state index < -0.39 is 17.8 Å². The molecule has 0 radical (unpaired) electrons. The molecule has 3 rings (SSSR count). The molecule has 1 aliphatic rings. The highest BCUT2D eigenvalue weighted by atomic mass is 79.9. The van der Waals surface area contributed by atoms with Crippen molar-refractivity contribution in [1.82, 2.24) is 5.43 Å². The topological polar surface area (TPSA) is 106 Å². The molecular formula is C24H26BrN3O5S. The Labute approximate surface area is 210 Å². The fourth-order valence-electron chi connectivity index (χ4n) is 3.53. The Morgan fingerprint density at radius 1 is 1.32 bits per heavy atom. The van der Waals surface area contributed by atoms with Gasteiger partial charge in [-0.05, 0) is 55.9 Å². The number of nitrogens with one attached hydrogen (secondary N) is 2. The van der Waals surface area contributed by atoms with E-state index in [2.05, 4.69) is 45.3 Å². The highest BCUT2D eigenvalue weighted by Crippen LogP contribution is 2.40. The van der Waals surface area contributed by atoms with Crippen LogP contribution in [-0.4, -0.2) is 37.2 Å². The van der Waals surface area contributed by atoms with Crippen LogP contribution in [0.3, 0.4) is 0 Å². The van der Waals surface area contributed by atoms with E-state index in [4.69, 9.17) is 9.47 Å². The lowest BCUT2D eigenvalue weighted by atomic mass is 9.88. The number of ether oxygens (including phenoxy) is 2. The number of carbonyl (C=O) groups excluding carboxylic acids is 3. The minimum atomic E-state index is -0.964. The minimum Gasteiger partial charge on any atom is -0.489 e. The predicted molar refractivity (Wildman–Crippen MR) is 136 cm³/mol. The molecule has 0 bridgehead atoms. The van der Waals surface area contributed by atoms with E-state index >= 15 is 0 Å². The zero-order valence-electron chi connectivity index (χ0n) is 19.0. The van der Waals surface area contributed by atoms with Crippen molar-refractivity contribution in [2.45, 2.75) is 33.1 Å². The number of benzene rings is 1. The molecule has 0 unspecified atom stereocenters. The van der Waals surface area contributed by atoms with Crippen LogP contribution in [0.15, 0.2) is 40.4 Å². The zero-order chi connectivity index (χ0) is 24.7. The Bertz CT molecular complexity index is 1130. The Hall–Kier alpha value is -2.98. The third kappa shape index (κ3) is 6.32. The van der Waals surface area contributed by atoms with Crippen molar-refractivity contribution in [2.75, 3.05) is 18.5 Å². The smallest absolute Gasteiger partial charge is 0.341 e. The Morgan fingerprint density at radius 3 is 2.85 bits per heavy atom. The third-order valence-electron chi connectivity index (χ3n) is 5.12. The number of carbonyl (C=O) groups is 3. The number of amides is 2. The fraction of sp³-hybridized carbons (Fsp3) is 0.333. The second-order valence-corrected chi connectivity index (χ2v) is 9.73. The molecule has 8 nitrogen and oxygen atoms in total. The summed E-state index contributed by atoms with van der Waals surface area (Å²) in [5.41, 5.74) is 4.06. The summed E-state index contributed by atoms with van der Waals surface area (Å²) in [6, 6.07) is 5.32. The maximum absolute atomic E-state index is 12.6. The number of hydrogen-bond donors (Lipinski definition) is 2. The molecule has 0 aliphatic heterocycles. The largest absolute Gasteiger partial charge is 0.489 e. The van der Waals surface area contributed by atoms with Crippen molar-refractivity contribution in [1.29, 1.82) is 0 Å². The van der Waals surface area contributed by atoms with Gasteiger partial charge in [-0.25, -0.2) is 10.2 Å². The van der Waals surface area contributed by atoms with E-state index in [-0.39, 0.29) is 6.61 Å². The first-order valence-electron chi connectivity index (χ1n) is 10.8. The fourth-order valence-corrected chi connectivity index (χ4v) is 5.30. The molecule has 2 aromatic rings. The molecule has 1 aromatic carbocycles. The number of esters is 1. The maximum Gasteiger partial charge on any atom is 0.341 e. The van der Waals surface area contributed by atoms with Crippen LogP contribution in [0.1, 0.15) is 46.6 Å². The molecular weight excluding hydrogens is 522 g/mol. The number of rotatable bonds is 8. The van der Waals surface area contributed by atoms with E-state index in [1.54, 1.807) is 25.1 Å². The maximum atomic E-state index is 12.6. The number of nitrogens with zero attached hydrogens (tertiary/aromatic N) is 1. The molecule has 34 heavy (non-hydrogen) atoms. The van der Waals surface area contributed by atoms with Crippen LogP contribution >= 0.6 is 27.3 Å². The quantitative estimate of drug-likeness (QED) is 0.167. The van der Waals surface area contributed by atoms with Crippen LogP contribution in [0.4, 0.5) is 5.00 Å². The van der Waals surface area contributed by atoms with Crippen LogP contribution in [0.25, 0.3) is 0 Å². The summed E-state index contributed by atoms with van der Waals surface area (Å²) in [6.45, 7) is 8.02. The van der Waals surface area contributed by atoms with Gasteiger partial charge in [0.05, 0.1) is 18.4 Å². The molecule has 1 heterocycles. The van der Waals surface area contributed by atoms with Crippen molar-refractivity contribution >= 4 is 56.3 Å². The number of fused-ring (bicyclic) bond motifs is 1. The molecule has 0 fully saturated rings. The monoisotopic (exact) mass is 547 g/mol. The molecule has 0 saturated heterocycles. The van der Waals surface area contributed by atoms with Crippen molar-refractivity contribution in [2.24, 2.45) is 11.0 Å². The van der Waals surface area contributed by atoms with Gasteiger partial charge >= 0.3 is 17.8 Å². The highest BCUT2D eigenvalue weighted by Gasteiger charge is 2.30. The highest BCUT2D eigenvalue weighted by molar-refractivity contribution is 9.10. The SMILES string of the molecule is C=CCOc1ccc(Br)cc1/C=N\NC(=O)C(=O)Nc1sc2c(c1C(=O)OCC)CC[C@@H](C)C2. The summed E-state index contributed by atoms with van der Waals surface area (Å²) >= 11 is 4.69. The molecule has 2 N–H and O–H groups in total. The number of thiophene rings is 1. The lowest BCUT2D eigenvalue weighted by Gasteiger charge is -2.18. The van der Waals surface area contributed by atoms with Gasteiger partial charge in [-0.1, -0.05) is 35.5 Å². The second kappa shape index (κ2) is 11.9. The molecule has 10 heteroatoms. The first-order valence-corrected chi connectivity index (χ1v) is 12.4. The molecule has 1 aromatic heterocycles. The number of anilines is 1. The Morgan fingerprint density at radius 2 is 2.12 bits per heavy atom. The molecule has 1 aliphatic carbocycles. The van der Waals surface area contributed by atoms with Crippen molar-refractivity contribution in [3.05, 3.63) is 56.9 Å². The van der Waals surface area contributed by atoms with Crippen LogP contribution < -0.4 is 15.5 Å². The van der Waals surface area contributed by atoms with E-state index in [1.165, 1.54) is 17.6 Å².